The molecule has 3 heterocycles. The molecule has 3 N–H and O–H groups in total. The smallest absolute Gasteiger partial charge is 0.276 e. The van der Waals surface area contributed by atoms with Gasteiger partial charge in [-0.15, -0.1) is 0 Å². The Balaban J connectivity index is 1.44. The van der Waals surface area contributed by atoms with E-state index < -0.39 is 16.3 Å². The molecule has 2 fully saturated rings. The highest BCUT2D eigenvalue weighted by Crippen LogP contribution is 2.55. The number of rotatable bonds is 2. The maximum atomic E-state index is 11.6. The van der Waals surface area contributed by atoms with Gasteiger partial charge in [0.1, 0.15) is 0 Å². The van der Waals surface area contributed by atoms with Crippen LogP contribution in [0.15, 0.2) is 36.8 Å². The molecule has 1 aromatic carbocycles. The third-order valence-corrected chi connectivity index (χ3v) is 8.10. The number of aliphatic hydroxyl groups excluding tert-OH is 1. The lowest BCUT2D eigenvalue weighted by atomic mass is 9.73. The van der Waals surface area contributed by atoms with Crippen LogP contribution in [-0.4, -0.2) is 46.6 Å². The zero-order chi connectivity index (χ0) is 18.8. The number of hydrogen-bond acceptors (Lipinski definition) is 4. The number of benzene rings is 1. The van der Waals surface area contributed by atoms with Gasteiger partial charge in [0, 0.05) is 24.6 Å². The highest BCUT2D eigenvalue weighted by molar-refractivity contribution is 7.86. The minimum absolute atomic E-state index is 0.0874. The average Bonchev–Trinajstić information content (AvgIpc) is 3.30. The summed E-state index contributed by atoms with van der Waals surface area (Å²) in [6.07, 6.45) is 6.44. The van der Waals surface area contributed by atoms with Gasteiger partial charge in [-0.2, -0.15) is 12.7 Å². The lowest BCUT2D eigenvalue weighted by Gasteiger charge is -2.41. The normalized spacial score (nSPS) is 29.8. The monoisotopic (exact) mass is 388 g/mol. The summed E-state index contributed by atoms with van der Waals surface area (Å²) in [4.78, 5) is 4.32. The van der Waals surface area contributed by atoms with E-state index in [0.29, 0.717) is 25.9 Å². The molecule has 2 aromatic rings. The van der Waals surface area contributed by atoms with Crippen molar-refractivity contribution in [3.8, 4) is 11.3 Å². The molecule has 2 aliphatic heterocycles. The molecule has 0 amide bonds. The van der Waals surface area contributed by atoms with Gasteiger partial charge in [-0.05, 0) is 36.7 Å². The van der Waals surface area contributed by atoms with E-state index in [2.05, 4.69) is 21.7 Å². The minimum atomic E-state index is -3.65. The highest BCUT2D eigenvalue weighted by Gasteiger charge is 2.53. The second-order valence-corrected chi connectivity index (χ2v) is 9.72. The first-order valence-corrected chi connectivity index (χ1v) is 11.0. The van der Waals surface area contributed by atoms with E-state index in [4.69, 9.17) is 5.14 Å². The molecule has 1 aromatic heterocycles. The summed E-state index contributed by atoms with van der Waals surface area (Å²) >= 11 is 0. The summed E-state index contributed by atoms with van der Waals surface area (Å²) in [5, 5.41) is 16.6. The van der Waals surface area contributed by atoms with E-state index in [-0.39, 0.29) is 17.4 Å². The minimum Gasteiger partial charge on any atom is -0.392 e. The summed E-state index contributed by atoms with van der Waals surface area (Å²) in [5.74, 6) is 0.0997. The third-order valence-electron chi connectivity index (χ3n) is 7.01. The predicted molar refractivity (Wildman–Crippen MR) is 101 cm³/mol. The van der Waals surface area contributed by atoms with Crippen LogP contribution in [0.1, 0.15) is 37.3 Å². The van der Waals surface area contributed by atoms with E-state index in [1.165, 1.54) is 15.4 Å². The first kappa shape index (κ1) is 17.4. The first-order valence-electron chi connectivity index (χ1n) is 9.48. The summed E-state index contributed by atoms with van der Waals surface area (Å²) in [6, 6.07) is 8.43. The molecule has 1 saturated carbocycles. The quantitative estimate of drug-likeness (QED) is 0.814. The maximum Gasteiger partial charge on any atom is 0.276 e. The van der Waals surface area contributed by atoms with E-state index >= 15 is 0 Å². The molecular formula is C19H24N4O3S. The molecule has 7 nitrogen and oxygen atoms in total. The van der Waals surface area contributed by atoms with Crippen molar-refractivity contribution in [3.63, 3.8) is 0 Å². The second-order valence-electron chi connectivity index (χ2n) is 8.17. The highest BCUT2D eigenvalue weighted by atomic mass is 32.2. The van der Waals surface area contributed by atoms with Crippen LogP contribution in [0.25, 0.3) is 11.3 Å². The second kappa shape index (κ2) is 5.88. The Morgan fingerprint density at radius 2 is 1.93 bits per heavy atom. The Hall–Kier alpha value is -1.74. The van der Waals surface area contributed by atoms with Gasteiger partial charge in [-0.25, -0.2) is 10.1 Å². The molecule has 1 saturated heterocycles. The number of nitrogens with two attached hydrogens (primary N) is 1. The first-order chi connectivity index (χ1) is 12.9. The van der Waals surface area contributed by atoms with Crippen LogP contribution in [0.5, 0.6) is 0 Å². The average molecular weight is 388 g/mol. The number of fused-ring (bicyclic) bond motifs is 3. The molecule has 5 rings (SSSR count). The zero-order valence-corrected chi connectivity index (χ0v) is 15.8. The van der Waals surface area contributed by atoms with Gasteiger partial charge in [-0.1, -0.05) is 24.3 Å². The van der Waals surface area contributed by atoms with Crippen molar-refractivity contribution in [1.82, 2.24) is 13.9 Å². The molecule has 0 unspecified atom stereocenters. The predicted octanol–water partition coefficient (Wildman–Crippen LogP) is 1.51. The van der Waals surface area contributed by atoms with Crippen molar-refractivity contribution in [2.24, 2.45) is 16.5 Å². The van der Waals surface area contributed by atoms with E-state index in [1.54, 1.807) is 0 Å². The molecule has 0 radical (unpaired) electrons. The molecule has 0 bridgehead atoms. The van der Waals surface area contributed by atoms with Crippen molar-refractivity contribution in [1.29, 1.82) is 0 Å². The molecule has 144 valence electrons. The van der Waals surface area contributed by atoms with Crippen LogP contribution in [0.4, 0.5) is 0 Å². The van der Waals surface area contributed by atoms with Crippen molar-refractivity contribution in [2.75, 3.05) is 13.1 Å². The topological polar surface area (TPSA) is 101 Å². The Bertz CT molecular complexity index is 978. The number of aliphatic hydroxyl groups is 1. The summed E-state index contributed by atoms with van der Waals surface area (Å²) in [7, 11) is -3.65. The Labute approximate surface area is 159 Å². The number of hydrogen-bond donors (Lipinski definition) is 2. The van der Waals surface area contributed by atoms with Crippen LogP contribution in [0, 0.1) is 11.3 Å². The molecular weight excluding hydrogens is 364 g/mol. The fourth-order valence-electron chi connectivity index (χ4n) is 5.59. The summed E-state index contributed by atoms with van der Waals surface area (Å²) < 4.78 is 26.8. The van der Waals surface area contributed by atoms with E-state index in [9.17, 15) is 13.5 Å². The molecule has 1 spiro atoms. The molecule has 8 heteroatoms. The van der Waals surface area contributed by atoms with Crippen LogP contribution in [-0.2, 0) is 10.2 Å². The van der Waals surface area contributed by atoms with E-state index in [0.717, 1.165) is 18.5 Å². The Morgan fingerprint density at radius 3 is 2.67 bits per heavy atom. The van der Waals surface area contributed by atoms with Crippen molar-refractivity contribution >= 4 is 10.2 Å². The zero-order valence-electron chi connectivity index (χ0n) is 15.0. The van der Waals surface area contributed by atoms with Crippen LogP contribution >= 0.6 is 0 Å². The van der Waals surface area contributed by atoms with Gasteiger partial charge >= 0.3 is 0 Å². The van der Waals surface area contributed by atoms with Crippen molar-refractivity contribution in [3.05, 3.63) is 42.4 Å². The molecule has 3 aliphatic rings. The van der Waals surface area contributed by atoms with Gasteiger partial charge in [0.05, 0.1) is 30.4 Å². The van der Waals surface area contributed by atoms with Crippen LogP contribution in [0.3, 0.4) is 0 Å². The van der Waals surface area contributed by atoms with Crippen LogP contribution in [0.2, 0.25) is 0 Å². The van der Waals surface area contributed by atoms with Gasteiger partial charge in [0.15, 0.2) is 0 Å². The number of aromatic nitrogens is 2. The van der Waals surface area contributed by atoms with Gasteiger partial charge in [0.25, 0.3) is 10.2 Å². The third kappa shape index (κ3) is 2.51. The van der Waals surface area contributed by atoms with E-state index in [1.807, 2.05) is 24.7 Å². The van der Waals surface area contributed by atoms with Crippen LogP contribution < -0.4 is 5.14 Å². The van der Waals surface area contributed by atoms with Gasteiger partial charge in [-0.3, -0.25) is 0 Å². The van der Waals surface area contributed by atoms with Crippen molar-refractivity contribution in [2.45, 2.75) is 37.8 Å². The number of imidazole rings is 1. The lowest BCUT2D eigenvalue weighted by Crippen LogP contribution is -2.49. The van der Waals surface area contributed by atoms with Gasteiger partial charge < -0.3 is 9.67 Å². The maximum absolute atomic E-state index is 11.6. The number of nitrogens with zero attached hydrogens (tertiary/aromatic N) is 3. The standard InChI is InChI=1S/C19H24N4O3S/c20-27(25,26)22-9-7-19(8-10-22)6-5-15(18(19)24)17-14-4-2-1-3-13(14)16-11-21-12-23(16)17/h1-4,11-12,15,17-18,24H,5-10H2,(H2,20,25,26)/t15-,17-,18-/m1/s1. The Kier molecular flexibility index (Phi) is 3.78. The Morgan fingerprint density at radius 1 is 1.19 bits per heavy atom. The SMILES string of the molecule is NS(=O)(=O)N1CCC2(CC[C@H]([C@H]3c4ccccc4-c4cncn43)[C@H]2O)CC1. The van der Waals surface area contributed by atoms with Gasteiger partial charge in [0.2, 0.25) is 0 Å². The molecule has 1 aliphatic carbocycles. The van der Waals surface area contributed by atoms with Crippen molar-refractivity contribution < 1.29 is 13.5 Å². The molecule has 27 heavy (non-hydrogen) atoms. The fourth-order valence-corrected chi connectivity index (χ4v) is 6.28. The fraction of sp³-hybridized carbons (Fsp3) is 0.526. The lowest BCUT2D eigenvalue weighted by molar-refractivity contribution is -0.0146. The largest absolute Gasteiger partial charge is 0.392 e. The molecule has 3 atom stereocenters. The summed E-state index contributed by atoms with van der Waals surface area (Å²) in [6.45, 7) is 0.778. The number of piperidine rings is 1. The summed E-state index contributed by atoms with van der Waals surface area (Å²) in [5.41, 5.74) is 3.33.